The first-order valence-corrected chi connectivity index (χ1v) is 5.51. The predicted octanol–water partition coefficient (Wildman–Crippen LogP) is 1.79. The predicted molar refractivity (Wildman–Crippen MR) is 54.9 cm³/mol. The van der Waals surface area contributed by atoms with E-state index < -0.39 is 18.3 Å². The number of nitrogens with one attached hydrogen (secondary N) is 1. The molecule has 0 bridgehead atoms. The summed E-state index contributed by atoms with van der Waals surface area (Å²) in [5.74, 6) is -0.267. The molecule has 0 aliphatic carbocycles. The summed E-state index contributed by atoms with van der Waals surface area (Å²) in [6.45, 7) is 1.48. The van der Waals surface area contributed by atoms with Crippen LogP contribution < -0.4 is 5.32 Å². The van der Waals surface area contributed by atoms with Gasteiger partial charge in [0.05, 0.1) is 6.04 Å². The van der Waals surface area contributed by atoms with Crippen LogP contribution in [0.2, 0.25) is 0 Å². The highest BCUT2D eigenvalue weighted by atomic mass is 19.3. The highest BCUT2D eigenvalue weighted by Gasteiger charge is 2.27. The normalized spacial score (nSPS) is 22.9. The van der Waals surface area contributed by atoms with E-state index in [2.05, 4.69) is 10.4 Å². The third-order valence-corrected chi connectivity index (χ3v) is 2.86. The summed E-state index contributed by atoms with van der Waals surface area (Å²) in [5, 5.41) is 16.4. The zero-order valence-corrected chi connectivity index (χ0v) is 9.11. The number of rotatable bonds is 3. The SMILES string of the molecule is Oc1cc(C(F)C(F)F)nn1C1CCCNC1. The Labute approximate surface area is 96.4 Å². The molecule has 17 heavy (non-hydrogen) atoms. The van der Waals surface area contributed by atoms with Crippen molar-refractivity contribution in [3.05, 3.63) is 11.8 Å². The van der Waals surface area contributed by atoms with Gasteiger partial charge in [0.1, 0.15) is 5.69 Å². The monoisotopic (exact) mass is 249 g/mol. The van der Waals surface area contributed by atoms with Gasteiger partial charge in [0.15, 0.2) is 0 Å². The Morgan fingerprint density at radius 1 is 1.47 bits per heavy atom. The van der Waals surface area contributed by atoms with Gasteiger partial charge in [0.25, 0.3) is 6.43 Å². The fraction of sp³-hybridized carbons (Fsp3) is 0.700. The van der Waals surface area contributed by atoms with Crippen molar-refractivity contribution in [2.45, 2.75) is 31.5 Å². The molecule has 1 aromatic rings. The fourth-order valence-electron chi connectivity index (χ4n) is 1.98. The molecule has 0 radical (unpaired) electrons. The van der Waals surface area contributed by atoms with Gasteiger partial charge in [-0.3, -0.25) is 0 Å². The molecule has 2 atom stereocenters. The van der Waals surface area contributed by atoms with Crippen molar-refractivity contribution in [3.63, 3.8) is 0 Å². The first kappa shape index (κ1) is 12.2. The third kappa shape index (κ3) is 2.54. The van der Waals surface area contributed by atoms with Gasteiger partial charge in [-0.25, -0.2) is 17.9 Å². The summed E-state index contributed by atoms with van der Waals surface area (Å²) in [5.41, 5.74) is -0.414. The topological polar surface area (TPSA) is 50.1 Å². The molecule has 96 valence electrons. The molecular formula is C10H14F3N3O. The van der Waals surface area contributed by atoms with E-state index in [-0.39, 0.29) is 11.9 Å². The van der Waals surface area contributed by atoms with Crippen molar-refractivity contribution >= 4 is 0 Å². The van der Waals surface area contributed by atoms with Gasteiger partial charge in [-0.05, 0) is 19.4 Å². The van der Waals surface area contributed by atoms with E-state index >= 15 is 0 Å². The maximum atomic E-state index is 13.1. The van der Waals surface area contributed by atoms with Crippen LogP contribution in [0.4, 0.5) is 13.2 Å². The molecule has 0 aromatic carbocycles. The molecule has 1 aromatic heterocycles. The second kappa shape index (κ2) is 4.95. The van der Waals surface area contributed by atoms with Crippen LogP contribution in [0.15, 0.2) is 6.07 Å². The van der Waals surface area contributed by atoms with Crippen molar-refractivity contribution < 1.29 is 18.3 Å². The van der Waals surface area contributed by atoms with Gasteiger partial charge in [0.2, 0.25) is 12.1 Å². The van der Waals surface area contributed by atoms with E-state index in [9.17, 15) is 18.3 Å². The van der Waals surface area contributed by atoms with Crippen LogP contribution in [0, 0.1) is 0 Å². The van der Waals surface area contributed by atoms with Crippen LogP contribution in [-0.2, 0) is 0 Å². The standard InChI is InChI=1S/C10H14F3N3O/c11-9(10(12)13)7-4-8(17)16(15-7)6-2-1-3-14-5-6/h4,6,9-10,14,17H,1-3,5H2. The summed E-state index contributed by atoms with van der Waals surface area (Å²) in [6.07, 6.45) is -3.87. The Kier molecular flexibility index (Phi) is 3.56. The Balaban J connectivity index is 2.17. The number of hydrogen-bond acceptors (Lipinski definition) is 3. The fourth-order valence-corrected chi connectivity index (χ4v) is 1.98. The van der Waals surface area contributed by atoms with Crippen molar-refractivity contribution in [2.24, 2.45) is 0 Å². The van der Waals surface area contributed by atoms with Crippen LogP contribution in [-0.4, -0.2) is 34.4 Å². The van der Waals surface area contributed by atoms with E-state index in [1.807, 2.05) is 0 Å². The Bertz CT molecular complexity index is 377. The molecule has 1 saturated heterocycles. The number of aromatic nitrogens is 2. The van der Waals surface area contributed by atoms with Crippen molar-refractivity contribution in [1.29, 1.82) is 0 Å². The van der Waals surface area contributed by atoms with Gasteiger partial charge in [-0.2, -0.15) is 5.10 Å². The summed E-state index contributed by atoms with van der Waals surface area (Å²) in [6, 6.07) is 0.855. The Morgan fingerprint density at radius 2 is 2.24 bits per heavy atom. The summed E-state index contributed by atoms with van der Waals surface area (Å²) in [4.78, 5) is 0. The molecule has 2 rings (SSSR count). The Morgan fingerprint density at radius 3 is 2.82 bits per heavy atom. The lowest BCUT2D eigenvalue weighted by molar-refractivity contribution is 0.0467. The molecule has 1 aliphatic heterocycles. The molecule has 2 unspecified atom stereocenters. The van der Waals surface area contributed by atoms with E-state index in [4.69, 9.17) is 0 Å². The first-order chi connectivity index (χ1) is 8.09. The minimum absolute atomic E-state index is 0.109. The smallest absolute Gasteiger partial charge is 0.275 e. The van der Waals surface area contributed by atoms with Crippen LogP contribution in [0.25, 0.3) is 0 Å². The lowest BCUT2D eigenvalue weighted by Crippen LogP contribution is -2.32. The van der Waals surface area contributed by atoms with Crippen molar-refractivity contribution in [1.82, 2.24) is 15.1 Å². The molecule has 0 saturated carbocycles. The van der Waals surface area contributed by atoms with Crippen LogP contribution in [0.3, 0.4) is 0 Å². The molecule has 0 spiro atoms. The van der Waals surface area contributed by atoms with Gasteiger partial charge in [-0.15, -0.1) is 0 Å². The van der Waals surface area contributed by atoms with Gasteiger partial charge in [0, 0.05) is 12.6 Å². The van der Waals surface area contributed by atoms with Gasteiger partial charge in [-0.1, -0.05) is 0 Å². The summed E-state index contributed by atoms with van der Waals surface area (Å²) < 4.78 is 38.6. The molecule has 2 N–H and O–H groups in total. The van der Waals surface area contributed by atoms with E-state index in [0.29, 0.717) is 6.54 Å². The van der Waals surface area contributed by atoms with Gasteiger partial charge < -0.3 is 10.4 Å². The second-order valence-corrected chi connectivity index (χ2v) is 4.11. The molecule has 2 heterocycles. The molecular weight excluding hydrogens is 235 g/mol. The number of aromatic hydroxyl groups is 1. The Hall–Kier alpha value is -1.24. The maximum absolute atomic E-state index is 13.1. The van der Waals surface area contributed by atoms with Crippen molar-refractivity contribution in [2.75, 3.05) is 13.1 Å². The molecule has 1 fully saturated rings. The lowest BCUT2D eigenvalue weighted by Gasteiger charge is -2.23. The zero-order valence-electron chi connectivity index (χ0n) is 9.11. The molecule has 4 nitrogen and oxygen atoms in total. The maximum Gasteiger partial charge on any atom is 0.275 e. The summed E-state index contributed by atoms with van der Waals surface area (Å²) in [7, 11) is 0. The zero-order chi connectivity index (χ0) is 12.4. The first-order valence-electron chi connectivity index (χ1n) is 5.51. The van der Waals surface area contributed by atoms with Crippen LogP contribution >= 0.6 is 0 Å². The average Bonchev–Trinajstić information content (AvgIpc) is 2.71. The minimum atomic E-state index is -3.12. The quantitative estimate of drug-likeness (QED) is 0.858. The highest BCUT2D eigenvalue weighted by Crippen LogP contribution is 2.29. The number of halogens is 3. The number of piperidine rings is 1. The molecule has 7 heteroatoms. The number of nitrogens with zero attached hydrogens (tertiary/aromatic N) is 2. The average molecular weight is 249 g/mol. The molecule has 0 amide bonds. The highest BCUT2D eigenvalue weighted by molar-refractivity contribution is 5.18. The summed E-state index contributed by atoms with van der Waals surface area (Å²) >= 11 is 0. The second-order valence-electron chi connectivity index (χ2n) is 4.11. The third-order valence-electron chi connectivity index (χ3n) is 2.86. The van der Waals surface area contributed by atoms with E-state index in [1.165, 1.54) is 4.68 Å². The van der Waals surface area contributed by atoms with Crippen LogP contribution in [0.5, 0.6) is 5.88 Å². The number of alkyl halides is 3. The van der Waals surface area contributed by atoms with Gasteiger partial charge >= 0.3 is 0 Å². The van der Waals surface area contributed by atoms with Crippen molar-refractivity contribution in [3.8, 4) is 5.88 Å². The number of hydrogen-bond donors (Lipinski definition) is 2. The van der Waals surface area contributed by atoms with E-state index in [0.717, 1.165) is 25.5 Å². The minimum Gasteiger partial charge on any atom is -0.493 e. The molecule has 1 aliphatic rings. The van der Waals surface area contributed by atoms with Crippen LogP contribution in [0.1, 0.15) is 30.7 Å². The lowest BCUT2D eigenvalue weighted by atomic mass is 10.1. The van der Waals surface area contributed by atoms with E-state index in [1.54, 1.807) is 0 Å². The largest absolute Gasteiger partial charge is 0.493 e.